The monoisotopic (exact) mass is 617 g/mol. The summed E-state index contributed by atoms with van der Waals surface area (Å²) in [6.45, 7) is 0.261. The van der Waals surface area contributed by atoms with Crippen LogP contribution in [0.5, 0.6) is 11.5 Å². The van der Waals surface area contributed by atoms with Gasteiger partial charge in [-0.25, -0.2) is 4.79 Å². The lowest BCUT2D eigenvalue weighted by molar-refractivity contribution is -0.0773. The number of hydrogen-bond donors (Lipinski definition) is 1. The van der Waals surface area contributed by atoms with Crippen molar-refractivity contribution in [2.45, 2.75) is 30.8 Å². The standard InChI is InChI=1S/C37H35N3O6/c1-43-30-17-13-28(14-18-30)37(27-11-7-4-8-12-27,29-15-19-31(44-2)20-16-29)45-25-32-21-22-34(46-32)40-24-23-33(39-36(40)42)38-35(41)26-9-5-3-6-10-26/h3-20,23-24,32,34H,21-22,25H2,1-2H3,(H,38,39,41,42)/t32-,34+/m0/s1. The molecule has 46 heavy (non-hydrogen) atoms. The minimum atomic E-state index is -0.974. The van der Waals surface area contributed by atoms with Crippen molar-refractivity contribution in [2.75, 3.05) is 26.1 Å². The van der Waals surface area contributed by atoms with Gasteiger partial charge in [0, 0.05) is 11.8 Å². The van der Waals surface area contributed by atoms with E-state index in [9.17, 15) is 9.59 Å². The normalized spacial score (nSPS) is 16.1. The average Bonchev–Trinajstić information content (AvgIpc) is 3.58. The topological polar surface area (TPSA) is 101 Å². The highest BCUT2D eigenvalue weighted by Gasteiger charge is 2.39. The van der Waals surface area contributed by atoms with E-state index in [0.29, 0.717) is 18.4 Å². The predicted octanol–water partition coefficient (Wildman–Crippen LogP) is 6.20. The van der Waals surface area contributed by atoms with Gasteiger partial charge < -0.3 is 24.3 Å². The van der Waals surface area contributed by atoms with E-state index >= 15 is 0 Å². The summed E-state index contributed by atoms with van der Waals surface area (Å²) in [6, 6.07) is 36.2. The van der Waals surface area contributed by atoms with E-state index in [1.54, 1.807) is 50.7 Å². The molecule has 1 saturated heterocycles. The molecule has 2 heterocycles. The molecule has 1 amide bonds. The van der Waals surface area contributed by atoms with Crippen molar-refractivity contribution in [3.63, 3.8) is 0 Å². The number of methoxy groups -OCH3 is 2. The zero-order chi connectivity index (χ0) is 31.9. The minimum Gasteiger partial charge on any atom is -0.497 e. The molecule has 1 aromatic heterocycles. The highest BCUT2D eigenvalue weighted by molar-refractivity contribution is 6.03. The second-order valence-corrected chi connectivity index (χ2v) is 10.9. The van der Waals surface area contributed by atoms with Gasteiger partial charge in [-0.3, -0.25) is 9.36 Å². The highest BCUT2D eigenvalue weighted by Crippen LogP contribution is 2.42. The van der Waals surface area contributed by atoms with Gasteiger partial charge in [-0.2, -0.15) is 4.98 Å². The maximum Gasteiger partial charge on any atom is 0.351 e. The SMILES string of the molecule is COc1ccc(C(OC[C@@H]2CC[C@H](n3ccc(NC(=O)c4ccccc4)nc3=O)O2)(c2ccccc2)c2ccc(OC)cc2)cc1. The van der Waals surface area contributed by atoms with E-state index in [4.69, 9.17) is 18.9 Å². The third kappa shape index (κ3) is 6.42. The Morgan fingerprint density at radius 1 is 0.804 bits per heavy atom. The Kier molecular flexibility index (Phi) is 9.23. The first-order chi connectivity index (χ1) is 22.5. The molecule has 0 spiro atoms. The Labute approximate surface area is 267 Å². The quantitative estimate of drug-likeness (QED) is 0.176. The molecule has 9 heteroatoms. The number of ether oxygens (including phenoxy) is 4. The number of rotatable bonds is 11. The van der Waals surface area contributed by atoms with Gasteiger partial charge in [-0.05, 0) is 72.0 Å². The molecule has 0 radical (unpaired) electrons. The summed E-state index contributed by atoms with van der Waals surface area (Å²) in [5.41, 5.74) is 1.80. The number of carbonyl (C=O) groups excluding carboxylic acids is 1. The lowest BCUT2D eigenvalue weighted by Gasteiger charge is -2.37. The lowest BCUT2D eigenvalue weighted by atomic mass is 9.80. The number of carbonyl (C=O) groups is 1. The molecule has 1 N–H and O–H groups in total. The summed E-state index contributed by atoms with van der Waals surface area (Å²) in [5, 5.41) is 2.68. The highest BCUT2D eigenvalue weighted by atomic mass is 16.6. The fourth-order valence-corrected chi connectivity index (χ4v) is 5.79. The minimum absolute atomic E-state index is 0.180. The van der Waals surface area contributed by atoms with Crippen LogP contribution in [0.25, 0.3) is 0 Å². The summed E-state index contributed by atoms with van der Waals surface area (Å²) in [6.07, 6.45) is 2.09. The van der Waals surface area contributed by atoms with Crippen LogP contribution in [0.4, 0.5) is 5.82 Å². The van der Waals surface area contributed by atoms with Gasteiger partial charge in [-0.1, -0.05) is 72.8 Å². The number of nitrogens with one attached hydrogen (secondary N) is 1. The van der Waals surface area contributed by atoms with Crippen molar-refractivity contribution in [1.82, 2.24) is 9.55 Å². The van der Waals surface area contributed by atoms with Crippen LogP contribution in [0.15, 0.2) is 126 Å². The molecule has 2 atom stereocenters. The lowest BCUT2D eigenvalue weighted by Crippen LogP contribution is -2.36. The first-order valence-corrected chi connectivity index (χ1v) is 15.1. The van der Waals surface area contributed by atoms with E-state index in [2.05, 4.69) is 22.4 Å². The van der Waals surface area contributed by atoms with E-state index < -0.39 is 17.5 Å². The molecular formula is C37H35N3O6. The summed E-state index contributed by atoms with van der Waals surface area (Å²) >= 11 is 0. The first kappa shape index (κ1) is 30.8. The van der Waals surface area contributed by atoms with Crippen molar-refractivity contribution in [3.05, 3.63) is 154 Å². The maximum absolute atomic E-state index is 13.0. The second-order valence-electron chi connectivity index (χ2n) is 10.9. The third-order valence-electron chi connectivity index (χ3n) is 8.16. The van der Waals surface area contributed by atoms with Crippen LogP contribution < -0.4 is 20.5 Å². The molecule has 4 aromatic carbocycles. The molecule has 1 fully saturated rings. The second kappa shape index (κ2) is 13.8. The van der Waals surface area contributed by atoms with Gasteiger partial charge >= 0.3 is 5.69 Å². The average molecular weight is 618 g/mol. The summed E-state index contributed by atoms with van der Waals surface area (Å²) in [4.78, 5) is 29.6. The van der Waals surface area contributed by atoms with Crippen LogP contribution in [0.2, 0.25) is 0 Å². The summed E-state index contributed by atoms with van der Waals surface area (Å²) in [5.74, 6) is 1.33. The van der Waals surface area contributed by atoms with Crippen molar-refractivity contribution in [2.24, 2.45) is 0 Å². The number of hydrogen-bond acceptors (Lipinski definition) is 7. The van der Waals surface area contributed by atoms with Gasteiger partial charge in [0.2, 0.25) is 0 Å². The fourth-order valence-electron chi connectivity index (χ4n) is 5.79. The third-order valence-corrected chi connectivity index (χ3v) is 8.16. The van der Waals surface area contributed by atoms with Gasteiger partial charge in [0.15, 0.2) is 0 Å². The van der Waals surface area contributed by atoms with Crippen molar-refractivity contribution in [1.29, 1.82) is 0 Å². The van der Waals surface area contributed by atoms with Gasteiger partial charge in [0.1, 0.15) is 29.1 Å². The smallest absolute Gasteiger partial charge is 0.351 e. The zero-order valence-electron chi connectivity index (χ0n) is 25.7. The number of aromatic nitrogens is 2. The van der Waals surface area contributed by atoms with Crippen LogP contribution in [-0.2, 0) is 15.1 Å². The van der Waals surface area contributed by atoms with Gasteiger partial charge in [0.05, 0.1) is 26.9 Å². The number of nitrogens with zero attached hydrogens (tertiary/aromatic N) is 2. The van der Waals surface area contributed by atoms with Crippen LogP contribution in [-0.4, -0.2) is 42.4 Å². The number of amides is 1. The predicted molar refractivity (Wildman–Crippen MR) is 174 cm³/mol. The van der Waals surface area contributed by atoms with Crippen LogP contribution in [0.1, 0.15) is 46.1 Å². The summed E-state index contributed by atoms with van der Waals surface area (Å²) in [7, 11) is 3.28. The molecule has 9 nitrogen and oxygen atoms in total. The molecule has 0 bridgehead atoms. The number of benzene rings is 4. The van der Waals surface area contributed by atoms with Crippen molar-refractivity contribution < 1.29 is 23.7 Å². The van der Waals surface area contributed by atoms with Crippen molar-refractivity contribution in [3.8, 4) is 11.5 Å². The molecule has 0 saturated carbocycles. The fraction of sp³-hybridized carbons (Fsp3) is 0.216. The Morgan fingerprint density at radius 3 is 1.93 bits per heavy atom. The Bertz CT molecular complexity index is 1760. The first-order valence-electron chi connectivity index (χ1n) is 15.1. The zero-order valence-corrected chi connectivity index (χ0v) is 25.7. The molecule has 6 rings (SSSR count). The Hall–Kier alpha value is -5.25. The van der Waals surface area contributed by atoms with E-state index in [1.807, 2.05) is 72.8 Å². The molecule has 1 aliphatic heterocycles. The maximum atomic E-state index is 13.0. The van der Waals surface area contributed by atoms with Gasteiger partial charge in [-0.15, -0.1) is 0 Å². The molecule has 1 aliphatic rings. The Balaban J connectivity index is 1.24. The van der Waals surface area contributed by atoms with E-state index in [0.717, 1.165) is 28.2 Å². The molecule has 234 valence electrons. The van der Waals surface area contributed by atoms with Gasteiger partial charge in [0.25, 0.3) is 5.91 Å². The van der Waals surface area contributed by atoms with Crippen LogP contribution in [0.3, 0.4) is 0 Å². The van der Waals surface area contributed by atoms with Crippen LogP contribution in [0, 0.1) is 0 Å². The van der Waals surface area contributed by atoms with E-state index in [-0.39, 0.29) is 24.4 Å². The van der Waals surface area contributed by atoms with E-state index in [1.165, 1.54) is 4.57 Å². The van der Waals surface area contributed by atoms with Crippen molar-refractivity contribution >= 4 is 11.7 Å². The molecule has 5 aromatic rings. The number of anilines is 1. The Morgan fingerprint density at radius 2 is 1.37 bits per heavy atom. The van der Waals surface area contributed by atoms with Crippen LogP contribution >= 0.6 is 0 Å². The molecular weight excluding hydrogens is 582 g/mol. The molecule has 0 unspecified atom stereocenters. The summed E-state index contributed by atoms with van der Waals surface area (Å²) < 4.78 is 25.7. The molecule has 0 aliphatic carbocycles. The largest absolute Gasteiger partial charge is 0.497 e.